The van der Waals surface area contributed by atoms with Crippen LogP contribution in [0.4, 0.5) is 0 Å². The average molecular weight is 356 g/mol. The van der Waals surface area contributed by atoms with E-state index < -0.39 is 0 Å². The van der Waals surface area contributed by atoms with Crippen LogP contribution in [-0.4, -0.2) is 18.6 Å². The van der Waals surface area contributed by atoms with Crippen LogP contribution in [0.1, 0.15) is 51.4 Å². The van der Waals surface area contributed by atoms with E-state index in [1.54, 1.807) is 11.3 Å². The van der Waals surface area contributed by atoms with Gasteiger partial charge in [-0.3, -0.25) is 4.79 Å². The Kier molecular flexibility index (Phi) is 5.18. The molecule has 2 heterocycles. The molecule has 1 fully saturated rings. The van der Waals surface area contributed by atoms with Gasteiger partial charge in [0.1, 0.15) is 0 Å². The summed E-state index contributed by atoms with van der Waals surface area (Å²) in [6.07, 6.45) is 6.89. The maximum absolute atomic E-state index is 12.9. The van der Waals surface area contributed by atoms with Crippen molar-refractivity contribution in [1.82, 2.24) is 5.32 Å². The SMILES string of the molecule is O=C(NC(Cc1ccccc1)C1CCCC1)c1cc2c(s1)CCOC2. The Morgan fingerprint density at radius 1 is 1.24 bits per heavy atom. The number of benzene rings is 1. The summed E-state index contributed by atoms with van der Waals surface area (Å²) in [6, 6.07) is 12.8. The third kappa shape index (κ3) is 3.96. The van der Waals surface area contributed by atoms with Crippen LogP contribution in [0.3, 0.4) is 0 Å². The van der Waals surface area contributed by atoms with Crippen LogP contribution in [0, 0.1) is 5.92 Å². The predicted molar refractivity (Wildman–Crippen MR) is 101 cm³/mol. The van der Waals surface area contributed by atoms with Gasteiger partial charge in [0.2, 0.25) is 0 Å². The number of thiophene rings is 1. The topological polar surface area (TPSA) is 38.3 Å². The normalized spacial score (nSPS) is 18.7. The summed E-state index contributed by atoms with van der Waals surface area (Å²) in [6.45, 7) is 1.42. The zero-order valence-corrected chi connectivity index (χ0v) is 15.3. The summed E-state index contributed by atoms with van der Waals surface area (Å²) in [5.41, 5.74) is 2.50. The first-order valence-electron chi connectivity index (χ1n) is 9.34. The number of hydrogen-bond donors (Lipinski definition) is 1. The lowest BCUT2D eigenvalue weighted by molar-refractivity contribution is 0.0925. The first kappa shape index (κ1) is 16.8. The molecule has 3 nitrogen and oxygen atoms in total. The molecule has 2 aromatic rings. The van der Waals surface area contributed by atoms with Crippen molar-refractivity contribution in [2.75, 3.05) is 6.61 Å². The molecule has 25 heavy (non-hydrogen) atoms. The number of amides is 1. The molecule has 2 aliphatic rings. The zero-order valence-electron chi connectivity index (χ0n) is 14.5. The molecule has 1 N–H and O–H groups in total. The largest absolute Gasteiger partial charge is 0.376 e. The average Bonchev–Trinajstić information content (AvgIpc) is 3.31. The second kappa shape index (κ2) is 7.71. The Balaban J connectivity index is 1.49. The van der Waals surface area contributed by atoms with Gasteiger partial charge in [-0.05, 0) is 42.4 Å². The van der Waals surface area contributed by atoms with Crippen molar-refractivity contribution in [3.8, 4) is 0 Å². The number of carbonyl (C=O) groups excluding carboxylic acids is 1. The van der Waals surface area contributed by atoms with Crippen molar-refractivity contribution >= 4 is 17.2 Å². The molecule has 4 heteroatoms. The Labute approximate surface area is 153 Å². The van der Waals surface area contributed by atoms with E-state index >= 15 is 0 Å². The minimum atomic E-state index is 0.0900. The van der Waals surface area contributed by atoms with Crippen LogP contribution in [-0.2, 0) is 24.2 Å². The fraction of sp³-hybridized carbons (Fsp3) is 0.476. The molecular formula is C21H25NO2S. The third-order valence-electron chi connectivity index (χ3n) is 5.44. The summed E-state index contributed by atoms with van der Waals surface area (Å²) >= 11 is 1.64. The van der Waals surface area contributed by atoms with Crippen LogP contribution in [0.2, 0.25) is 0 Å². The third-order valence-corrected chi connectivity index (χ3v) is 6.67. The van der Waals surface area contributed by atoms with Crippen molar-refractivity contribution in [3.05, 3.63) is 57.3 Å². The van der Waals surface area contributed by atoms with Crippen LogP contribution in [0.5, 0.6) is 0 Å². The van der Waals surface area contributed by atoms with E-state index in [4.69, 9.17) is 4.74 Å². The lowest BCUT2D eigenvalue weighted by Crippen LogP contribution is -2.40. The Morgan fingerprint density at radius 2 is 2.04 bits per heavy atom. The highest BCUT2D eigenvalue weighted by Gasteiger charge is 2.28. The van der Waals surface area contributed by atoms with Crippen LogP contribution < -0.4 is 5.32 Å². The molecule has 0 bridgehead atoms. The minimum Gasteiger partial charge on any atom is -0.376 e. The van der Waals surface area contributed by atoms with Crippen molar-refractivity contribution in [3.63, 3.8) is 0 Å². The van der Waals surface area contributed by atoms with Crippen molar-refractivity contribution < 1.29 is 9.53 Å². The Bertz CT molecular complexity index is 695. The van der Waals surface area contributed by atoms with E-state index in [2.05, 4.69) is 29.6 Å². The molecule has 1 aliphatic carbocycles. The highest BCUT2D eigenvalue weighted by Crippen LogP contribution is 2.31. The van der Waals surface area contributed by atoms with Crippen LogP contribution in [0.15, 0.2) is 36.4 Å². The van der Waals surface area contributed by atoms with Crippen molar-refractivity contribution in [2.24, 2.45) is 5.92 Å². The number of carbonyl (C=O) groups is 1. The molecule has 0 saturated heterocycles. The number of hydrogen-bond acceptors (Lipinski definition) is 3. The van der Waals surface area contributed by atoms with Gasteiger partial charge in [-0.2, -0.15) is 0 Å². The van der Waals surface area contributed by atoms with Gasteiger partial charge in [-0.25, -0.2) is 0 Å². The fourth-order valence-electron chi connectivity index (χ4n) is 4.06. The second-order valence-corrected chi connectivity index (χ2v) is 8.31. The Hall–Kier alpha value is -1.65. The highest BCUT2D eigenvalue weighted by molar-refractivity contribution is 7.14. The number of nitrogens with one attached hydrogen (secondary N) is 1. The molecule has 1 aliphatic heterocycles. The predicted octanol–water partition coefficient (Wildman–Crippen LogP) is 4.35. The van der Waals surface area contributed by atoms with E-state index in [-0.39, 0.29) is 11.9 Å². The van der Waals surface area contributed by atoms with E-state index in [1.165, 1.54) is 41.7 Å². The zero-order chi connectivity index (χ0) is 17.1. The molecule has 1 atom stereocenters. The van der Waals surface area contributed by atoms with Gasteiger partial charge < -0.3 is 10.1 Å². The molecule has 4 rings (SSSR count). The van der Waals surface area contributed by atoms with Crippen molar-refractivity contribution in [1.29, 1.82) is 0 Å². The summed E-state index contributed by atoms with van der Waals surface area (Å²) in [7, 11) is 0. The van der Waals surface area contributed by atoms with E-state index in [0.717, 1.165) is 24.3 Å². The number of ether oxygens (including phenoxy) is 1. The van der Waals surface area contributed by atoms with Gasteiger partial charge in [-0.1, -0.05) is 43.2 Å². The van der Waals surface area contributed by atoms with Gasteiger partial charge in [0.05, 0.1) is 18.1 Å². The lowest BCUT2D eigenvalue weighted by atomic mass is 9.92. The summed E-state index contributed by atoms with van der Waals surface area (Å²) < 4.78 is 5.51. The molecule has 132 valence electrons. The fourth-order valence-corrected chi connectivity index (χ4v) is 5.11. The Morgan fingerprint density at radius 3 is 2.80 bits per heavy atom. The first-order chi connectivity index (χ1) is 12.3. The van der Waals surface area contributed by atoms with Gasteiger partial charge in [-0.15, -0.1) is 11.3 Å². The summed E-state index contributed by atoms with van der Waals surface area (Å²) in [4.78, 5) is 15.0. The van der Waals surface area contributed by atoms with Crippen LogP contribution >= 0.6 is 11.3 Å². The van der Waals surface area contributed by atoms with Gasteiger partial charge in [0.25, 0.3) is 5.91 Å². The van der Waals surface area contributed by atoms with Gasteiger partial charge >= 0.3 is 0 Å². The molecule has 1 amide bonds. The first-order valence-corrected chi connectivity index (χ1v) is 10.2. The molecular weight excluding hydrogens is 330 g/mol. The maximum atomic E-state index is 12.9. The summed E-state index contributed by atoms with van der Waals surface area (Å²) in [5, 5.41) is 3.36. The minimum absolute atomic E-state index is 0.0900. The maximum Gasteiger partial charge on any atom is 0.261 e. The van der Waals surface area contributed by atoms with Gasteiger partial charge in [0, 0.05) is 17.3 Å². The highest BCUT2D eigenvalue weighted by atomic mass is 32.1. The van der Waals surface area contributed by atoms with E-state index in [0.29, 0.717) is 12.5 Å². The lowest BCUT2D eigenvalue weighted by Gasteiger charge is -2.24. The van der Waals surface area contributed by atoms with E-state index in [1.807, 2.05) is 12.1 Å². The summed E-state index contributed by atoms with van der Waals surface area (Å²) in [5.74, 6) is 0.689. The molecule has 1 unspecified atom stereocenters. The van der Waals surface area contributed by atoms with Gasteiger partial charge in [0.15, 0.2) is 0 Å². The molecule has 1 aromatic heterocycles. The van der Waals surface area contributed by atoms with E-state index in [9.17, 15) is 4.79 Å². The standard InChI is InChI=1S/C21H25NO2S/c23-21(20-13-17-14-24-11-10-19(17)25-20)22-18(16-8-4-5-9-16)12-15-6-2-1-3-7-15/h1-3,6-7,13,16,18H,4-5,8-12,14H2,(H,22,23). The molecule has 0 radical (unpaired) electrons. The monoisotopic (exact) mass is 355 g/mol. The second-order valence-electron chi connectivity index (χ2n) is 7.18. The number of rotatable bonds is 5. The molecule has 1 aromatic carbocycles. The quantitative estimate of drug-likeness (QED) is 0.866. The smallest absolute Gasteiger partial charge is 0.261 e. The number of fused-ring (bicyclic) bond motifs is 1. The van der Waals surface area contributed by atoms with Crippen LogP contribution in [0.25, 0.3) is 0 Å². The molecule has 0 spiro atoms. The molecule has 1 saturated carbocycles. The van der Waals surface area contributed by atoms with Crippen molar-refractivity contribution in [2.45, 2.75) is 51.2 Å².